The number of anilines is 2. The van der Waals surface area contributed by atoms with Crippen LogP contribution in [0.5, 0.6) is 0 Å². The Morgan fingerprint density at radius 3 is 2.21 bits per heavy atom. The number of carbonyl (C=O) groups is 2. The quantitative estimate of drug-likeness (QED) is 0.295. The van der Waals surface area contributed by atoms with Crippen molar-refractivity contribution < 1.29 is 24.5 Å². The average Bonchev–Trinajstić information content (AvgIpc) is 3.28. The minimum absolute atomic E-state index is 0.0902. The van der Waals surface area contributed by atoms with Crippen LogP contribution in [0.2, 0.25) is 0 Å². The molecule has 2 unspecified atom stereocenters. The van der Waals surface area contributed by atoms with Gasteiger partial charge in [0.1, 0.15) is 18.5 Å². The Labute approximate surface area is 189 Å². The third-order valence-corrected chi connectivity index (χ3v) is 4.87. The van der Waals surface area contributed by atoms with Crippen LogP contribution in [0.25, 0.3) is 11.0 Å². The van der Waals surface area contributed by atoms with Gasteiger partial charge >= 0.3 is 6.09 Å². The molecule has 0 bridgehead atoms. The van der Waals surface area contributed by atoms with Gasteiger partial charge in [0.25, 0.3) is 5.91 Å². The Morgan fingerprint density at radius 1 is 0.879 bits per heavy atom. The number of ether oxygens (including phenoxy) is 1. The van der Waals surface area contributed by atoms with E-state index in [1.54, 1.807) is 48.5 Å². The minimum Gasteiger partial charge on any atom is -0.444 e. The van der Waals surface area contributed by atoms with Crippen molar-refractivity contribution in [3.05, 3.63) is 90.3 Å². The van der Waals surface area contributed by atoms with E-state index in [4.69, 9.17) is 4.74 Å². The van der Waals surface area contributed by atoms with Crippen molar-refractivity contribution in [3.8, 4) is 0 Å². The number of nitrogens with one attached hydrogen (secondary N) is 3. The monoisotopic (exact) mass is 446 g/mol. The normalized spacial score (nSPS) is 12.7. The van der Waals surface area contributed by atoms with Gasteiger partial charge in [-0.2, -0.15) is 0 Å². The zero-order valence-corrected chi connectivity index (χ0v) is 17.4. The third-order valence-electron chi connectivity index (χ3n) is 4.87. The number of nitrogens with zero attached hydrogens (tertiary/aromatic N) is 1. The lowest BCUT2D eigenvalue weighted by Crippen LogP contribution is -2.33. The molecule has 0 saturated carbocycles. The fourth-order valence-corrected chi connectivity index (χ4v) is 3.14. The van der Waals surface area contributed by atoms with Crippen molar-refractivity contribution in [3.63, 3.8) is 0 Å². The van der Waals surface area contributed by atoms with Crippen LogP contribution >= 0.6 is 0 Å². The third kappa shape index (κ3) is 5.53. The van der Waals surface area contributed by atoms with Crippen molar-refractivity contribution in [2.45, 2.75) is 18.8 Å². The van der Waals surface area contributed by atoms with Crippen LogP contribution in [0.3, 0.4) is 0 Å². The van der Waals surface area contributed by atoms with Gasteiger partial charge in [-0.3, -0.25) is 10.1 Å². The van der Waals surface area contributed by atoms with Gasteiger partial charge in [0.05, 0.1) is 11.0 Å². The van der Waals surface area contributed by atoms with E-state index >= 15 is 0 Å². The molecule has 4 rings (SSSR count). The number of aromatic amines is 1. The maximum Gasteiger partial charge on any atom is 0.411 e. The molecular weight excluding hydrogens is 424 g/mol. The largest absolute Gasteiger partial charge is 0.444 e. The van der Waals surface area contributed by atoms with Crippen LogP contribution in [-0.4, -0.2) is 38.3 Å². The molecule has 4 aromatic rings. The number of H-pyrrole nitrogens is 1. The van der Waals surface area contributed by atoms with Crippen LogP contribution in [0.15, 0.2) is 78.9 Å². The smallest absolute Gasteiger partial charge is 0.411 e. The number of hydrogen-bond acceptors (Lipinski definition) is 6. The number of aliphatic hydroxyl groups excluding tert-OH is 2. The van der Waals surface area contributed by atoms with Crippen molar-refractivity contribution in [2.24, 2.45) is 0 Å². The molecule has 1 heterocycles. The molecule has 0 aliphatic rings. The highest BCUT2D eigenvalue weighted by Crippen LogP contribution is 2.20. The van der Waals surface area contributed by atoms with Gasteiger partial charge in [0.15, 0.2) is 6.10 Å². The molecule has 33 heavy (non-hydrogen) atoms. The number of benzene rings is 3. The maximum atomic E-state index is 12.4. The van der Waals surface area contributed by atoms with E-state index in [0.717, 1.165) is 5.56 Å². The lowest BCUT2D eigenvalue weighted by Gasteiger charge is -2.16. The van der Waals surface area contributed by atoms with E-state index in [1.807, 2.05) is 30.3 Å². The van der Waals surface area contributed by atoms with Gasteiger partial charge < -0.3 is 25.3 Å². The second kappa shape index (κ2) is 9.94. The highest BCUT2D eigenvalue weighted by atomic mass is 16.5. The SMILES string of the molecule is O=C(Nc1ccc(NC(=O)C(O)C(O)c2nc3ccccc3[nH]2)cc1)OCc1ccccc1. The van der Waals surface area contributed by atoms with Crippen LogP contribution in [-0.2, 0) is 16.1 Å². The first-order valence-corrected chi connectivity index (χ1v) is 10.2. The second-order valence-corrected chi connectivity index (χ2v) is 7.28. The molecule has 9 nitrogen and oxygen atoms in total. The molecular formula is C24H22N4O5. The molecule has 5 N–H and O–H groups in total. The lowest BCUT2D eigenvalue weighted by atomic mass is 10.1. The summed E-state index contributed by atoms with van der Waals surface area (Å²) in [5.41, 5.74) is 3.01. The van der Waals surface area contributed by atoms with Crippen molar-refractivity contribution in [1.82, 2.24) is 9.97 Å². The van der Waals surface area contributed by atoms with Crippen LogP contribution in [0.4, 0.5) is 16.2 Å². The number of amides is 2. The summed E-state index contributed by atoms with van der Waals surface area (Å²) in [5, 5.41) is 25.7. The summed E-state index contributed by atoms with van der Waals surface area (Å²) >= 11 is 0. The Hall–Kier alpha value is -4.21. The van der Waals surface area contributed by atoms with Crippen molar-refractivity contribution in [1.29, 1.82) is 0 Å². The predicted molar refractivity (Wildman–Crippen MR) is 122 cm³/mol. The van der Waals surface area contributed by atoms with E-state index in [0.29, 0.717) is 22.4 Å². The molecule has 0 aliphatic carbocycles. The zero-order chi connectivity index (χ0) is 23.2. The summed E-state index contributed by atoms with van der Waals surface area (Å²) in [6.07, 6.45) is -3.88. The van der Waals surface area contributed by atoms with Gasteiger partial charge in [0, 0.05) is 11.4 Å². The molecule has 168 valence electrons. The number of hydrogen-bond donors (Lipinski definition) is 5. The molecule has 9 heteroatoms. The standard InChI is InChI=1S/C24H22N4O5/c29-20(22-27-18-8-4-5-9-19(18)28-22)21(30)23(31)25-16-10-12-17(13-11-16)26-24(32)33-14-15-6-2-1-3-7-15/h1-13,20-21,29-30H,14H2,(H,25,31)(H,26,32)(H,27,28). The van der Waals surface area contributed by atoms with E-state index in [9.17, 15) is 19.8 Å². The fraction of sp³-hybridized carbons (Fsp3) is 0.125. The number of imidazole rings is 1. The number of aliphatic hydroxyl groups is 2. The Balaban J connectivity index is 1.30. The Morgan fingerprint density at radius 2 is 1.52 bits per heavy atom. The molecule has 1 aromatic heterocycles. The van der Waals surface area contributed by atoms with E-state index in [-0.39, 0.29) is 12.4 Å². The van der Waals surface area contributed by atoms with E-state index < -0.39 is 24.2 Å². The van der Waals surface area contributed by atoms with Gasteiger partial charge in [0.2, 0.25) is 0 Å². The lowest BCUT2D eigenvalue weighted by molar-refractivity contribution is -0.130. The number of fused-ring (bicyclic) bond motifs is 1. The minimum atomic E-state index is -1.74. The molecule has 0 fully saturated rings. The van der Waals surface area contributed by atoms with Gasteiger partial charge in [-0.25, -0.2) is 9.78 Å². The summed E-state index contributed by atoms with van der Waals surface area (Å²) in [6, 6.07) is 22.7. The molecule has 3 aromatic carbocycles. The molecule has 0 aliphatic heterocycles. The first kappa shape index (κ1) is 22.0. The molecule has 2 atom stereocenters. The highest BCUT2D eigenvalue weighted by Gasteiger charge is 2.28. The maximum absolute atomic E-state index is 12.4. The predicted octanol–water partition coefficient (Wildman–Crippen LogP) is 3.34. The van der Waals surface area contributed by atoms with Crippen molar-refractivity contribution >= 4 is 34.4 Å². The fourth-order valence-electron chi connectivity index (χ4n) is 3.14. The van der Waals surface area contributed by atoms with Crippen LogP contribution < -0.4 is 10.6 Å². The van der Waals surface area contributed by atoms with Gasteiger partial charge in [-0.1, -0.05) is 42.5 Å². The molecule has 2 amide bonds. The van der Waals surface area contributed by atoms with Crippen LogP contribution in [0, 0.1) is 0 Å². The number of rotatable bonds is 7. The topological polar surface area (TPSA) is 137 Å². The number of aromatic nitrogens is 2. The van der Waals surface area contributed by atoms with E-state index in [1.165, 1.54) is 0 Å². The summed E-state index contributed by atoms with van der Waals surface area (Å²) in [5.74, 6) is -0.710. The van der Waals surface area contributed by atoms with Crippen LogP contribution in [0.1, 0.15) is 17.5 Å². The summed E-state index contributed by atoms with van der Waals surface area (Å²) in [4.78, 5) is 31.4. The number of carbonyl (C=O) groups excluding carboxylic acids is 2. The Bertz CT molecular complexity index is 1210. The zero-order valence-electron chi connectivity index (χ0n) is 17.4. The summed E-state index contributed by atoms with van der Waals surface area (Å²) in [7, 11) is 0. The first-order chi connectivity index (χ1) is 16.0. The second-order valence-electron chi connectivity index (χ2n) is 7.28. The first-order valence-electron chi connectivity index (χ1n) is 10.2. The summed E-state index contributed by atoms with van der Waals surface area (Å²) in [6.45, 7) is 0.145. The molecule has 0 spiro atoms. The number of para-hydroxylation sites is 2. The molecule has 0 saturated heterocycles. The Kier molecular flexibility index (Phi) is 6.63. The van der Waals surface area contributed by atoms with Gasteiger partial charge in [-0.05, 0) is 42.0 Å². The highest BCUT2D eigenvalue weighted by molar-refractivity contribution is 5.95. The average molecular weight is 446 g/mol. The van der Waals surface area contributed by atoms with Gasteiger partial charge in [-0.15, -0.1) is 0 Å². The van der Waals surface area contributed by atoms with Crippen molar-refractivity contribution in [2.75, 3.05) is 10.6 Å². The summed E-state index contributed by atoms with van der Waals surface area (Å²) < 4.78 is 5.16. The van der Waals surface area contributed by atoms with E-state index in [2.05, 4.69) is 20.6 Å². The molecule has 0 radical (unpaired) electrons.